The van der Waals surface area contributed by atoms with E-state index in [1.54, 1.807) is 7.11 Å². The lowest BCUT2D eigenvalue weighted by atomic mass is 9.81. The Morgan fingerprint density at radius 3 is 2.75 bits per heavy atom. The van der Waals surface area contributed by atoms with Gasteiger partial charge in [-0.15, -0.1) is 0 Å². The first-order valence-corrected chi connectivity index (χ1v) is 6.08. The lowest BCUT2D eigenvalue weighted by Gasteiger charge is -2.39. The summed E-state index contributed by atoms with van der Waals surface area (Å²) in [5.74, 6) is 0. The summed E-state index contributed by atoms with van der Waals surface area (Å²) in [5, 5.41) is 3.67. The summed E-state index contributed by atoms with van der Waals surface area (Å²) in [5.41, 5.74) is 2.80. The van der Waals surface area contributed by atoms with Gasteiger partial charge < -0.3 is 10.1 Å². The van der Waals surface area contributed by atoms with Gasteiger partial charge in [0.1, 0.15) is 0 Å². The van der Waals surface area contributed by atoms with Gasteiger partial charge in [0.05, 0.1) is 12.1 Å². The minimum atomic E-state index is 0.0400. The molecule has 0 aliphatic carbocycles. The minimum Gasteiger partial charge on any atom is -0.382 e. The highest BCUT2D eigenvalue weighted by molar-refractivity contribution is 5.33. The van der Waals surface area contributed by atoms with Crippen LogP contribution in [-0.4, -0.2) is 20.3 Å². The first-order valence-electron chi connectivity index (χ1n) is 6.08. The molecule has 16 heavy (non-hydrogen) atoms. The van der Waals surface area contributed by atoms with Crippen molar-refractivity contribution in [3.8, 4) is 0 Å². The van der Waals surface area contributed by atoms with Crippen molar-refractivity contribution in [3.05, 3.63) is 35.4 Å². The zero-order valence-corrected chi connectivity index (χ0v) is 10.3. The van der Waals surface area contributed by atoms with E-state index >= 15 is 0 Å². The number of hydrogen-bond donors (Lipinski definition) is 1. The summed E-state index contributed by atoms with van der Waals surface area (Å²) >= 11 is 0. The fraction of sp³-hybridized carbons (Fsp3) is 0.571. The Morgan fingerprint density at radius 1 is 1.31 bits per heavy atom. The van der Waals surface area contributed by atoms with Gasteiger partial charge in [0.25, 0.3) is 0 Å². The molecule has 1 fully saturated rings. The molecule has 2 heteroatoms. The number of methoxy groups -OCH3 is 1. The Hall–Kier alpha value is -0.860. The maximum absolute atomic E-state index is 5.43. The minimum absolute atomic E-state index is 0.0400. The van der Waals surface area contributed by atoms with E-state index < -0.39 is 0 Å². The molecule has 2 rings (SSSR count). The van der Waals surface area contributed by atoms with Gasteiger partial charge in [0.15, 0.2) is 0 Å². The number of benzene rings is 1. The predicted molar refractivity (Wildman–Crippen MR) is 66.6 cm³/mol. The van der Waals surface area contributed by atoms with E-state index in [4.69, 9.17) is 4.74 Å². The zero-order valence-electron chi connectivity index (χ0n) is 10.3. The van der Waals surface area contributed by atoms with Crippen LogP contribution < -0.4 is 5.32 Å². The second-order valence-electron chi connectivity index (χ2n) is 4.71. The smallest absolute Gasteiger partial charge is 0.0686 e. The molecule has 1 aromatic carbocycles. The Morgan fingerprint density at radius 2 is 2.12 bits per heavy atom. The van der Waals surface area contributed by atoms with Crippen LogP contribution >= 0.6 is 0 Å². The van der Waals surface area contributed by atoms with Gasteiger partial charge in [-0.05, 0) is 43.9 Å². The molecule has 1 heterocycles. The van der Waals surface area contributed by atoms with Gasteiger partial charge in [-0.3, -0.25) is 0 Å². The zero-order chi connectivity index (χ0) is 11.4. The van der Waals surface area contributed by atoms with Crippen LogP contribution in [0.15, 0.2) is 24.3 Å². The van der Waals surface area contributed by atoms with E-state index in [2.05, 4.69) is 36.5 Å². The summed E-state index contributed by atoms with van der Waals surface area (Å²) in [6, 6.07) is 8.63. The molecule has 1 unspecified atom stereocenters. The first kappa shape index (κ1) is 11.6. The number of piperidine rings is 1. The van der Waals surface area contributed by atoms with Crippen LogP contribution in [0.3, 0.4) is 0 Å². The molecule has 2 nitrogen and oxygen atoms in total. The van der Waals surface area contributed by atoms with Crippen molar-refractivity contribution in [2.24, 2.45) is 0 Å². The van der Waals surface area contributed by atoms with Gasteiger partial charge in [-0.2, -0.15) is 0 Å². The van der Waals surface area contributed by atoms with Gasteiger partial charge in [0, 0.05) is 7.11 Å². The molecule has 0 aromatic heterocycles. The fourth-order valence-electron chi connectivity index (χ4n) is 2.75. The summed E-state index contributed by atoms with van der Waals surface area (Å²) in [4.78, 5) is 0. The maximum Gasteiger partial charge on any atom is 0.0686 e. The van der Waals surface area contributed by atoms with Crippen LogP contribution in [-0.2, 0) is 10.3 Å². The lowest BCUT2D eigenvalue weighted by Crippen LogP contribution is -2.49. The molecule has 1 atom stereocenters. The SMILES string of the molecule is COCC1(c2ccccc2C)CCCCN1. The molecule has 1 N–H and O–H groups in total. The summed E-state index contributed by atoms with van der Waals surface area (Å²) < 4.78 is 5.43. The van der Waals surface area contributed by atoms with E-state index in [1.807, 2.05) is 0 Å². The van der Waals surface area contributed by atoms with E-state index in [0.717, 1.165) is 13.2 Å². The van der Waals surface area contributed by atoms with E-state index in [1.165, 1.54) is 30.4 Å². The molecule has 1 aromatic rings. The highest BCUT2D eigenvalue weighted by atomic mass is 16.5. The monoisotopic (exact) mass is 219 g/mol. The molecular weight excluding hydrogens is 198 g/mol. The molecule has 0 amide bonds. The summed E-state index contributed by atoms with van der Waals surface area (Å²) in [7, 11) is 1.79. The third-order valence-corrected chi connectivity index (χ3v) is 3.55. The summed E-state index contributed by atoms with van der Waals surface area (Å²) in [6.45, 7) is 4.04. The molecule has 0 saturated carbocycles. The highest BCUT2D eigenvalue weighted by Gasteiger charge is 2.34. The Kier molecular flexibility index (Phi) is 3.62. The van der Waals surface area contributed by atoms with Crippen molar-refractivity contribution < 1.29 is 4.74 Å². The Bertz CT molecular complexity index is 337. The van der Waals surface area contributed by atoms with Crippen LogP contribution in [0.5, 0.6) is 0 Å². The molecule has 1 aliphatic heterocycles. The van der Waals surface area contributed by atoms with E-state index in [9.17, 15) is 0 Å². The number of nitrogens with one attached hydrogen (secondary N) is 1. The molecule has 0 spiro atoms. The average molecular weight is 219 g/mol. The molecule has 1 aliphatic rings. The standard InChI is InChI=1S/C14H21NO/c1-12-7-3-4-8-13(12)14(11-16-2)9-5-6-10-15-14/h3-4,7-8,15H,5-6,9-11H2,1-2H3. The quantitative estimate of drug-likeness (QED) is 0.843. The lowest BCUT2D eigenvalue weighted by molar-refractivity contribution is 0.0879. The van der Waals surface area contributed by atoms with Crippen molar-refractivity contribution in [1.29, 1.82) is 0 Å². The van der Waals surface area contributed by atoms with Crippen LogP contribution in [0, 0.1) is 6.92 Å². The average Bonchev–Trinajstić information content (AvgIpc) is 2.31. The van der Waals surface area contributed by atoms with Crippen LogP contribution in [0.1, 0.15) is 30.4 Å². The van der Waals surface area contributed by atoms with Crippen molar-refractivity contribution in [3.63, 3.8) is 0 Å². The second-order valence-corrected chi connectivity index (χ2v) is 4.71. The number of aryl methyl sites for hydroxylation is 1. The maximum atomic E-state index is 5.43. The topological polar surface area (TPSA) is 21.3 Å². The van der Waals surface area contributed by atoms with Gasteiger partial charge in [0.2, 0.25) is 0 Å². The van der Waals surface area contributed by atoms with Gasteiger partial charge >= 0.3 is 0 Å². The highest BCUT2D eigenvalue weighted by Crippen LogP contribution is 2.32. The molecule has 1 saturated heterocycles. The first-order chi connectivity index (χ1) is 7.78. The number of ether oxygens (including phenoxy) is 1. The summed E-state index contributed by atoms with van der Waals surface area (Å²) in [6.07, 6.45) is 3.73. The van der Waals surface area contributed by atoms with E-state index in [0.29, 0.717) is 0 Å². The van der Waals surface area contributed by atoms with Crippen molar-refractivity contribution >= 4 is 0 Å². The number of rotatable bonds is 3. The third-order valence-electron chi connectivity index (χ3n) is 3.55. The fourth-order valence-corrected chi connectivity index (χ4v) is 2.75. The molecular formula is C14H21NO. The van der Waals surface area contributed by atoms with Crippen LogP contribution in [0.25, 0.3) is 0 Å². The normalized spacial score (nSPS) is 25.6. The van der Waals surface area contributed by atoms with Crippen LogP contribution in [0.4, 0.5) is 0 Å². The molecule has 0 bridgehead atoms. The largest absolute Gasteiger partial charge is 0.382 e. The second kappa shape index (κ2) is 4.98. The Labute approximate surface area is 98.0 Å². The van der Waals surface area contributed by atoms with Crippen molar-refractivity contribution in [2.45, 2.75) is 31.7 Å². The van der Waals surface area contributed by atoms with E-state index in [-0.39, 0.29) is 5.54 Å². The van der Waals surface area contributed by atoms with Gasteiger partial charge in [-0.25, -0.2) is 0 Å². The van der Waals surface area contributed by atoms with Crippen molar-refractivity contribution in [1.82, 2.24) is 5.32 Å². The van der Waals surface area contributed by atoms with Gasteiger partial charge in [-0.1, -0.05) is 24.3 Å². The van der Waals surface area contributed by atoms with Crippen molar-refractivity contribution in [2.75, 3.05) is 20.3 Å². The molecule has 88 valence electrons. The van der Waals surface area contributed by atoms with Crippen LogP contribution in [0.2, 0.25) is 0 Å². The Balaban J connectivity index is 2.34. The predicted octanol–water partition coefficient (Wildman–Crippen LogP) is 2.61. The third kappa shape index (κ3) is 2.13. The number of hydrogen-bond acceptors (Lipinski definition) is 2. The molecule has 0 radical (unpaired) electrons.